The van der Waals surface area contributed by atoms with Crippen molar-refractivity contribution in [2.75, 3.05) is 28.3 Å². The highest BCUT2D eigenvalue weighted by Gasteiger charge is 2.36. The van der Waals surface area contributed by atoms with Crippen LogP contribution < -0.4 is 10.2 Å². The minimum Gasteiger partial charge on any atom is -0.364 e. The summed E-state index contributed by atoms with van der Waals surface area (Å²) in [5.41, 5.74) is 1.04. The van der Waals surface area contributed by atoms with E-state index in [1.54, 1.807) is 6.07 Å². The van der Waals surface area contributed by atoms with Crippen molar-refractivity contribution < 1.29 is 17.6 Å². The molecule has 3 rings (SSSR count). The van der Waals surface area contributed by atoms with Crippen molar-refractivity contribution in [3.63, 3.8) is 0 Å². The van der Waals surface area contributed by atoms with Crippen LogP contribution in [0.2, 0.25) is 0 Å². The van der Waals surface area contributed by atoms with Crippen molar-refractivity contribution >= 4 is 43.0 Å². The van der Waals surface area contributed by atoms with Crippen molar-refractivity contribution in [1.82, 2.24) is 0 Å². The number of sulfone groups is 1. The minimum absolute atomic E-state index is 0.0468. The fourth-order valence-electron chi connectivity index (χ4n) is 2.66. The highest BCUT2D eigenvalue weighted by molar-refractivity contribution is 9.10. The van der Waals surface area contributed by atoms with Crippen molar-refractivity contribution in [2.24, 2.45) is 0 Å². The van der Waals surface area contributed by atoms with Crippen LogP contribution >= 0.6 is 15.9 Å². The molecule has 0 aliphatic carbocycles. The molecular formula is C12H12BrFN2O3S. The molecule has 1 amide bonds. The van der Waals surface area contributed by atoms with E-state index in [9.17, 15) is 17.6 Å². The van der Waals surface area contributed by atoms with Gasteiger partial charge in [0.15, 0.2) is 9.84 Å². The van der Waals surface area contributed by atoms with Crippen molar-refractivity contribution in [3.05, 3.63) is 22.4 Å². The Morgan fingerprint density at radius 1 is 1.40 bits per heavy atom. The number of rotatable bonds is 0. The van der Waals surface area contributed by atoms with E-state index in [-0.39, 0.29) is 23.8 Å². The molecule has 1 atom stereocenters. The summed E-state index contributed by atoms with van der Waals surface area (Å²) in [5.74, 6) is -0.759. The van der Waals surface area contributed by atoms with Gasteiger partial charge in [0.05, 0.1) is 33.4 Å². The number of carbonyl (C=O) groups is 1. The predicted molar refractivity (Wildman–Crippen MR) is 77.1 cm³/mol. The molecule has 2 aliphatic rings. The van der Waals surface area contributed by atoms with Crippen LogP contribution in [0.5, 0.6) is 0 Å². The van der Waals surface area contributed by atoms with Crippen molar-refractivity contribution in [3.8, 4) is 0 Å². The minimum atomic E-state index is -3.12. The lowest BCUT2D eigenvalue weighted by atomic mass is 10.1. The molecule has 1 saturated heterocycles. The predicted octanol–water partition coefficient (Wildman–Crippen LogP) is 1.53. The maximum absolute atomic E-state index is 13.6. The number of hydrogen-bond donors (Lipinski definition) is 1. The van der Waals surface area contributed by atoms with E-state index < -0.39 is 21.7 Å². The highest BCUT2D eigenvalue weighted by Crippen LogP contribution is 2.37. The van der Waals surface area contributed by atoms with E-state index in [0.29, 0.717) is 22.4 Å². The SMILES string of the molecule is O=C1CC2CS(=O)(=O)CCN2c2cc(Br)c(F)cc2N1. The summed E-state index contributed by atoms with van der Waals surface area (Å²) in [6.45, 7) is 0.313. The topological polar surface area (TPSA) is 66.5 Å². The quantitative estimate of drug-likeness (QED) is 0.759. The zero-order chi connectivity index (χ0) is 14.5. The number of nitrogens with zero attached hydrogens (tertiary/aromatic N) is 1. The molecule has 5 nitrogen and oxygen atoms in total. The number of anilines is 2. The van der Waals surface area contributed by atoms with Gasteiger partial charge in [0.1, 0.15) is 5.82 Å². The lowest BCUT2D eigenvalue weighted by Gasteiger charge is -2.35. The van der Waals surface area contributed by atoms with Crippen LogP contribution in [0.4, 0.5) is 15.8 Å². The first-order valence-electron chi connectivity index (χ1n) is 6.12. The third-order valence-electron chi connectivity index (χ3n) is 3.57. The zero-order valence-electron chi connectivity index (χ0n) is 10.4. The van der Waals surface area contributed by atoms with E-state index >= 15 is 0 Å². The van der Waals surface area contributed by atoms with Crippen LogP contribution in [-0.2, 0) is 14.6 Å². The Kier molecular flexibility index (Phi) is 3.24. The molecule has 1 aromatic carbocycles. The van der Waals surface area contributed by atoms with Gasteiger partial charge in [0.2, 0.25) is 5.91 Å². The second-order valence-electron chi connectivity index (χ2n) is 5.00. The first-order chi connectivity index (χ1) is 9.35. The monoisotopic (exact) mass is 362 g/mol. The number of hydrogen-bond acceptors (Lipinski definition) is 4. The van der Waals surface area contributed by atoms with Gasteiger partial charge in [0.25, 0.3) is 0 Å². The number of carbonyl (C=O) groups excluding carboxylic acids is 1. The number of benzene rings is 1. The summed E-state index contributed by atoms with van der Waals surface area (Å²) >= 11 is 3.12. The van der Waals surface area contributed by atoms with Crippen LogP contribution in [0.3, 0.4) is 0 Å². The summed E-state index contributed by atoms with van der Waals surface area (Å²) in [4.78, 5) is 13.7. The second kappa shape index (κ2) is 4.70. The van der Waals surface area contributed by atoms with Gasteiger partial charge in [-0.3, -0.25) is 4.79 Å². The average molecular weight is 363 g/mol. The largest absolute Gasteiger partial charge is 0.364 e. The van der Waals surface area contributed by atoms with Crippen molar-refractivity contribution in [2.45, 2.75) is 12.5 Å². The Morgan fingerprint density at radius 3 is 2.90 bits per heavy atom. The van der Waals surface area contributed by atoms with Crippen LogP contribution in [0.25, 0.3) is 0 Å². The molecule has 0 aromatic heterocycles. The smallest absolute Gasteiger partial charge is 0.226 e. The van der Waals surface area contributed by atoms with E-state index in [4.69, 9.17) is 0 Å². The summed E-state index contributed by atoms with van der Waals surface area (Å²) < 4.78 is 37.4. The third-order valence-corrected chi connectivity index (χ3v) is 5.88. The number of halogens is 2. The molecule has 1 aromatic rings. The zero-order valence-corrected chi connectivity index (χ0v) is 12.8. The molecule has 0 bridgehead atoms. The first kappa shape index (κ1) is 13.8. The molecule has 2 aliphatic heterocycles. The number of nitrogens with one attached hydrogen (secondary N) is 1. The Labute approximate surface area is 124 Å². The Balaban J connectivity index is 2.10. The fourth-order valence-corrected chi connectivity index (χ4v) is 4.52. The van der Waals surface area contributed by atoms with Gasteiger partial charge in [-0.15, -0.1) is 0 Å². The van der Waals surface area contributed by atoms with Crippen LogP contribution in [0, 0.1) is 5.82 Å². The molecule has 0 saturated carbocycles. The van der Waals surface area contributed by atoms with E-state index in [2.05, 4.69) is 21.2 Å². The van der Waals surface area contributed by atoms with Crippen molar-refractivity contribution in [1.29, 1.82) is 0 Å². The molecule has 1 N–H and O–H groups in total. The van der Waals surface area contributed by atoms with E-state index in [0.717, 1.165) is 0 Å². The summed E-state index contributed by atoms with van der Waals surface area (Å²) in [6, 6.07) is 2.44. The van der Waals surface area contributed by atoms with Gasteiger partial charge in [-0.05, 0) is 22.0 Å². The molecule has 108 valence electrons. The molecule has 2 heterocycles. The molecule has 20 heavy (non-hydrogen) atoms. The fraction of sp³-hybridized carbons (Fsp3) is 0.417. The lowest BCUT2D eigenvalue weighted by Crippen LogP contribution is -2.48. The average Bonchev–Trinajstić information content (AvgIpc) is 2.44. The normalized spacial score (nSPS) is 24.4. The summed E-state index contributed by atoms with van der Waals surface area (Å²) in [5, 5.41) is 2.64. The maximum Gasteiger partial charge on any atom is 0.226 e. The van der Waals surface area contributed by atoms with Crippen LogP contribution in [0.1, 0.15) is 6.42 Å². The van der Waals surface area contributed by atoms with E-state index in [1.165, 1.54) is 6.07 Å². The summed E-state index contributed by atoms with van der Waals surface area (Å²) in [7, 11) is -3.12. The molecule has 8 heteroatoms. The standard InChI is InChI=1S/C12H12BrFN2O3S/c13-8-4-11-10(5-9(8)14)15-12(17)3-7-6-20(18,19)2-1-16(7)11/h4-5,7H,1-3,6H2,(H,15,17). The van der Waals surface area contributed by atoms with Gasteiger partial charge >= 0.3 is 0 Å². The van der Waals surface area contributed by atoms with Gasteiger partial charge in [-0.25, -0.2) is 12.8 Å². The van der Waals surface area contributed by atoms with E-state index in [1.807, 2.05) is 4.90 Å². The highest BCUT2D eigenvalue weighted by atomic mass is 79.9. The van der Waals surface area contributed by atoms with Gasteiger partial charge in [-0.2, -0.15) is 0 Å². The first-order valence-corrected chi connectivity index (χ1v) is 8.73. The number of fused-ring (bicyclic) bond motifs is 3. The molecule has 0 radical (unpaired) electrons. The number of amides is 1. The maximum atomic E-state index is 13.6. The summed E-state index contributed by atoms with van der Waals surface area (Å²) in [6.07, 6.45) is 0.0904. The molecule has 0 spiro atoms. The second-order valence-corrected chi connectivity index (χ2v) is 8.08. The Morgan fingerprint density at radius 2 is 2.15 bits per heavy atom. The van der Waals surface area contributed by atoms with Crippen LogP contribution in [-0.4, -0.2) is 38.4 Å². The van der Waals surface area contributed by atoms with Gasteiger partial charge < -0.3 is 10.2 Å². The van der Waals surface area contributed by atoms with Gasteiger partial charge in [-0.1, -0.05) is 0 Å². The Bertz CT molecular complexity index is 692. The lowest BCUT2D eigenvalue weighted by molar-refractivity contribution is -0.116. The van der Waals surface area contributed by atoms with Crippen LogP contribution in [0.15, 0.2) is 16.6 Å². The molecular weight excluding hydrogens is 351 g/mol. The molecule has 1 unspecified atom stereocenters. The molecule has 1 fully saturated rings. The third kappa shape index (κ3) is 2.42. The Hall–Kier alpha value is -1.15. The van der Waals surface area contributed by atoms with Gasteiger partial charge in [0, 0.05) is 19.0 Å².